The van der Waals surface area contributed by atoms with Gasteiger partial charge < -0.3 is 5.32 Å². The molecule has 2 N–H and O–H groups in total. The Labute approximate surface area is 130 Å². The summed E-state index contributed by atoms with van der Waals surface area (Å²) in [6.45, 7) is 0. The molecule has 4 aromatic rings. The first-order valence-corrected chi connectivity index (χ1v) is 8.42. The molecule has 3 heterocycles. The predicted molar refractivity (Wildman–Crippen MR) is 90.2 cm³/mol. The maximum atomic E-state index is 4.07. The van der Waals surface area contributed by atoms with Gasteiger partial charge >= 0.3 is 0 Å². The zero-order valence-electron chi connectivity index (χ0n) is 11.1. The zero-order chi connectivity index (χ0) is 14.1. The Morgan fingerprint density at radius 1 is 1.00 bits per heavy atom. The Morgan fingerprint density at radius 3 is 2.43 bits per heavy atom. The molecule has 0 aliphatic rings. The van der Waals surface area contributed by atoms with Crippen molar-refractivity contribution in [2.75, 3.05) is 5.32 Å². The van der Waals surface area contributed by atoms with E-state index in [1.165, 1.54) is 9.75 Å². The van der Waals surface area contributed by atoms with Gasteiger partial charge in [0, 0.05) is 20.8 Å². The molecule has 0 saturated heterocycles. The van der Waals surface area contributed by atoms with Gasteiger partial charge in [-0.2, -0.15) is 5.10 Å². The summed E-state index contributed by atoms with van der Waals surface area (Å²) >= 11 is 3.56. The number of nitrogens with one attached hydrogen (secondary N) is 2. The van der Waals surface area contributed by atoms with Crippen LogP contribution in [-0.4, -0.2) is 10.2 Å². The summed E-state index contributed by atoms with van der Waals surface area (Å²) in [5, 5.41) is 16.1. The molecular weight excluding hydrogens is 298 g/mol. The molecule has 0 atom stereocenters. The number of aromatic nitrogens is 2. The van der Waals surface area contributed by atoms with E-state index in [1.54, 1.807) is 22.7 Å². The van der Waals surface area contributed by atoms with Gasteiger partial charge in [0.05, 0.1) is 17.8 Å². The molecule has 0 aliphatic carbocycles. The Balaban J connectivity index is 1.71. The van der Waals surface area contributed by atoms with Crippen molar-refractivity contribution in [3.05, 3.63) is 69.2 Å². The van der Waals surface area contributed by atoms with E-state index in [0.29, 0.717) is 0 Å². The van der Waals surface area contributed by atoms with Crippen LogP contribution < -0.4 is 5.32 Å². The molecular formula is C16H13N3S2. The van der Waals surface area contributed by atoms with Crippen LogP contribution in [0.25, 0.3) is 10.9 Å². The topological polar surface area (TPSA) is 40.7 Å². The van der Waals surface area contributed by atoms with Crippen LogP contribution >= 0.6 is 22.7 Å². The van der Waals surface area contributed by atoms with Gasteiger partial charge in [-0.25, -0.2) is 0 Å². The fraction of sp³-hybridized carbons (Fsp3) is 0.0625. The molecule has 21 heavy (non-hydrogen) atoms. The first-order valence-electron chi connectivity index (χ1n) is 6.66. The number of hydrogen-bond acceptors (Lipinski definition) is 4. The number of H-pyrrole nitrogens is 1. The van der Waals surface area contributed by atoms with Crippen molar-refractivity contribution in [2.24, 2.45) is 0 Å². The second-order valence-electron chi connectivity index (χ2n) is 4.78. The molecule has 3 aromatic heterocycles. The average Bonchev–Trinajstić information content (AvgIpc) is 3.24. The van der Waals surface area contributed by atoms with Gasteiger partial charge in [-0.1, -0.05) is 12.1 Å². The molecule has 104 valence electrons. The fourth-order valence-corrected chi connectivity index (χ4v) is 4.05. The normalized spacial score (nSPS) is 11.3. The Bertz CT molecular complexity index is 797. The van der Waals surface area contributed by atoms with Gasteiger partial charge in [-0.3, -0.25) is 5.10 Å². The second kappa shape index (κ2) is 5.35. The van der Waals surface area contributed by atoms with Crippen molar-refractivity contribution in [1.29, 1.82) is 0 Å². The quantitative estimate of drug-likeness (QED) is 0.563. The van der Waals surface area contributed by atoms with Crippen molar-refractivity contribution in [3.8, 4) is 0 Å². The minimum Gasteiger partial charge on any atom is -0.373 e. The standard InChI is InChI=1S/C16H13N3S2/c1-3-14(20-7-1)16(15-4-2-8-21-15)18-12-6-5-11-10-17-19-13(11)9-12/h1-10,16,18H,(H,17,19). The lowest BCUT2D eigenvalue weighted by Crippen LogP contribution is -2.09. The predicted octanol–water partition coefficient (Wildman–Crippen LogP) is 4.89. The van der Waals surface area contributed by atoms with Crippen LogP contribution in [0.5, 0.6) is 0 Å². The first kappa shape index (κ1) is 12.6. The Hall–Kier alpha value is -2.11. The molecule has 0 bridgehead atoms. The lowest BCUT2D eigenvalue weighted by molar-refractivity contribution is 0.993. The maximum Gasteiger partial charge on any atom is 0.0953 e. The minimum absolute atomic E-state index is 0.199. The molecule has 4 rings (SSSR count). The number of fused-ring (bicyclic) bond motifs is 1. The second-order valence-corrected chi connectivity index (χ2v) is 6.74. The van der Waals surface area contributed by atoms with E-state index in [-0.39, 0.29) is 6.04 Å². The molecule has 0 unspecified atom stereocenters. The van der Waals surface area contributed by atoms with Crippen molar-refractivity contribution >= 4 is 39.3 Å². The van der Waals surface area contributed by atoms with Crippen LogP contribution in [0.2, 0.25) is 0 Å². The third-order valence-electron chi connectivity index (χ3n) is 3.41. The van der Waals surface area contributed by atoms with Crippen LogP contribution in [0.3, 0.4) is 0 Å². The summed E-state index contributed by atoms with van der Waals surface area (Å²) < 4.78 is 0. The molecule has 5 heteroatoms. The molecule has 0 spiro atoms. The minimum atomic E-state index is 0.199. The Kier molecular flexibility index (Phi) is 3.21. The van der Waals surface area contributed by atoms with Crippen molar-refractivity contribution < 1.29 is 0 Å². The molecule has 0 saturated carbocycles. The van der Waals surface area contributed by atoms with Gasteiger partial charge in [-0.15, -0.1) is 22.7 Å². The molecule has 0 aliphatic heterocycles. The number of anilines is 1. The van der Waals surface area contributed by atoms with E-state index in [0.717, 1.165) is 16.6 Å². The molecule has 0 fully saturated rings. The summed E-state index contributed by atoms with van der Waals surface area (Å²) in [6, 6.07) is 15.0. The third kappa shape index (κ3) is 2.46. The summed E-state index contributed by atoms with van der Waals surface area (Å²) in [6.07, 6.45) is 1.84. The van der Waals surface area contributed by atoms with Crippen LogP contribution in [-0.2, 0) is 0 Å². The van der Waals surface area contributed by atoms with E-state index in [1.807, 2.05) is 6.20 Å². The Morgan fingerprint density at radius 2 is 1.76 bits per heavy atom. The van der Waals surface area contributed by atoms with E-state index >= 15 is 0 Å². The van der Waals surface area contributed by atoms with Crippen LogP contribution in [0.15, 0.2) is 59.4 Å². The first-order chi connectivity index (χ1) is 10.4. The van der Waals surface area contributed by atoms with Gasteiger partial charge in [-0.05, 0) is 41.1 Å². The highest BCUT2D eigenvalue weighted by molar-refractivity contribution is 7.11. The number of rotatable bonds is 4. The summed E-state index contributed by atoms with van der Waals surface area (Å²) in [5.41, 5.74) is 2.15. The summed E-state index contributed by atoms with van der Waals surface area (Å²) in [7, 11) is 0. The number of aromatic amines is 1. The largest absolute Gasteiger partial charge is 0.373 e. The van der Waals surface area contributed by atoms with E-state index in [9.17, 15) is 0 Å². The van der Waals surface area contributed by atoms with Crippen molar-refractivity contribution in [2.45, 2.75) is 6.04 Å². The molecule has 0 radical (unpaired) electrons. The van der Waals surface area contributed by atoms with Crippen molar-refractivity contribution in [3.63, 3.8) is 0 Å². The highest BCUT2D eigenvalue weighted by Gasteiger charge is 2.16. The van der Waals surface area contributed by atoms with E-state index in [4.69, 9.17) is 0 Å². The number of nitrogens with zero attached hydrogens (tertiary/aromatic N) is 1. The monoisotopic (exact) mass is 311 g/mol. The number of benzene rings is 1. The molecule has 1 aromatic carbocycles. The highest BCUT2D eigenvalue weighted by atomic mass is 32.1. The van der Waals surface area contributed by atoms with E-state index < -0.39 is 0 Å². The van der Waals surface area contributed by atoms with Crippen molar-refractivity contribution in [1.82, 2.24) is 10.2 Å². The van der Waals surface area contributed by atoms with Crippen LogP contribution in [0.4, 0.5) is 5.69 Å². The molecule has 0 amide bonds. The van der Waals surface area contributed by atoms with Crippen LogP contribution in [0.1, 0.15) is 15.8 Å². The number of thiophene rings is 2. The highest BCUT2D eigenvalue weighted by Crippen LogP contribution is 2.32. The van der Waals surface area contributed by atoms with Gasteiger partial charge in [0.2, 0.25) is 0 Å². The third-order valence-corrected chi connectivity index (χ3v) is 5.28. The van der Waals surface area contributed by atoms with E-state index in [2.05, 4.69) is 68.7 Å². The average molecular weight is 311 g/mol. The SMILES string of the molecule is c1csc(C(Nc2ccc3cn[nH]c3c2)c2cccs2)c1. The maximum absolute atomic E-state index is 4.07. The van der Waals surface area contributed by atoms with Gasteiger partial charge in [0.1, 0.15) is 0 Å². The zero-order valence-corrected chi connectivity index (χ0v) is 12.7. The number of hydrogen-bond donors (Lipinski definition) is 2. The lowest BCUT2D eigenvalue weighted by atomic mass is 10.1. The summed E-state index contributed by atoms with van der Waals surface area (Å²) in [5.74, 6) is 0. The smallest absolute Gasteiger partial charge is 0.0953 e. The molecule has 3 nitrogen and oxygen atoms in total. The van der Waals surface area contributed by atoms with Gasteiger partial charge in [0.25, 0.3) is 0 Å². The fourth-order valence-electron chi connectivity index (χ4n) is 2.39. The van der Waals surface area contributed by atoms with Crippen LogP contribution in [0, 0.1) is 0 Å². The van der Waals surface area contributed by atoms with Gasteiger partial charge in [0.15, 0.2) is 0 Å². The summed E-state index contributed by atoms with van der Waals surface area (Å²) in [4.78, 5) is 2.64. The lowest BCUT2D eigenvalue weighted by Gasteiger charge is -2.17.